The van der Waals surface area contributed by atoms with Gasteiger partial charge in [0, 0.05) is 10.4 Å². The van der Waals surface area contributed by atoms with Gasteiger partial charge >= 0.3 is 5.97 Å². The van der Waals surface area contributed by atoms with Crippen molar-refractivity contribution in [2.45, 2.75) is 24.3 Å². The molecule has 0 aliphatic carbocycles. The van der Waals surface area contributed by atoms with E-state index in [0.29, 0.717) is 31.0 Å². The minimum Gasteiger partial charge on any atom is -0.479 e. The molecule has 3 N–H and O–H groups in total. The van der Waals surface area contributed by atoms with Gasteiger partial charge in [-0.3, -0.25) is 0 Å². The molecule has 0 bridgehead atoms. The van der Waals surface area contributed by atoms with Gasteiger partial charge in [-0.15, -0.1) is 0 Å². The lowest BCUT2D eigenvalue weighted by atomic mass is 9.68. The minimum absolute atomic E-state index is 0.604. The molecule has 1 aliphatic rings. The lowest BCUT2D eigenvalue weighted by Crippen LogP contribution is -2.50. The molecule has 7 heteroatoms. The van der Waals surface area contributed by atoms with E-state index < -0.39 is 17.4 Å². The van der Waals surface area contributed by atoms with Crippen LogP contribution in [0, 0.1) is 5.53 Å². The molecule has 6 nitrogen and oxygen atoms in total. The minimum atomic E-state index is -1.06. The molecule has 0 saturated carbocycles. The number of rotatable bonds is 4. The number of hydrogen-bond acceptors (Lipinski definition) is 4. The van der Waals surface area contributed by atoms with Crippen LogP contribution in [0.25, 0.3) is 0 Å². The van der Waals surface area contributed by atoms with Crippen molar-refractivity contribution in [2.75, 3.05) is 13.1 Å². The Morgan fingerprint density at radius 3 is 2.50 bits per heavy atom. The Hall–Kier alpha value is -1.75. The topological polar surface area (TPSA) is 99.6 Å². The van der Waals surface area contributed by atoms with Crippen molar-refractivity contribution in [3.63, 3.8) is 0 Å². The Kier molecular flexibility index (Phi) is 4.49. The first kappa shape index (κ1) is 14.7. The monoisotopic (exact) mass is 295 g/mol. The molecule has 1 aliphatic heterocycles. The van der Waals surface area contributed by atoms with Crippen LogP contribution >= 0.6 is 11.6 Å². The van der Waals surface area contributed by atoms with Crippen molar-refractivity contribution in [2.24, 2.45) is 5.11 Å². The number of carboxylic acids is 1. The van der Waals surface area contributed by atoms with Crippen molar-refractivity contribution in [3.8, 4) is 0 Å². The lowest BCUT2D eigenvalue weighted by molar-refractivity contribution is -0.140. The molecule has 1 saturated heterocycles. The van der Waals surface area contributed by atoms with Crippen LogP contribution < -0.4 is 10.2 Å². The highest BCUT2D eigenvalue weighted by molar-refractivity contribution is 6.30. The number of nitrogens with one attached hydrogen (secondary N) is 2. The van der Waals surface area contributed by atoms with E-state index in [9.17, 15) is 9.90 Å². The molecular weight excluding hydrogens is 280 g/mol. The van der Waals surface area contributed by atoms with Crippen molar-refractivity contribution in [1.82, 2.24) is 10.2 Å². The van der Waals surface area contributed by atoms with Crippen molar-refractivity contribution in [3.05, 3.63) is 34.9 Å². The van der Waals surface area contributed by atoms with Crippen molar-refractivity contribution >= 4 is 17.6 Å². The number of hydrogen-bond donors (Lipinski definition) is 3. The maximum Gasteiger partial charge on any atom is 0.337 e. The summed E-state index contributed by atoms with van der Waals surface area (Å²) in [5.74, 6) is -1.06. The molecule has 20 heavy (non-hydrogen) atoms. The Morgan fingerprint density at radius 1 is 1.40 bits per heavy atom. The van der Waals surface area contributed by atoms with Crippen LogP contribution in [0.2, 0.25) is 5.02 Å². The summed E-state index contributed by atoms with van der Waals surface area (Å²) in [5.41, 5.74) is 7.12. The highest BCUT2D eigenvalue weighted by Crippen LogP contribution is 2.39. The number of aliphatic carboxylic acids is 1. The summed E-state index contributed by atoms with van der Waals surface area (Å²) < 4.78 is 0. The first-order chi connectivity index (χ1) is 9.60. The molecule has 1 unspecified atom stereocenters. The van der Waals surface area contributed by atoms with E-state index in [-0.39, 0.29) is 0 Å². The van der Waals surface area contributed by atoms with Crippen LogP contribution in [0.3, 0.4) is 0 Å². The van der Waals surface area contributed by atoms with Crippen LogP contribution in [-0.4, -0.2) is 30.2 Å². The normalized spacial score (nSPS) is 18.9. The molecule has 1 aromatic carbocycles. The van der Waals surface area contributed by atoms with E-state index in [2.05, 4.69) is 15.3 Å². The fourth-order valence-electron chi connectivity index (χ4n) is 2.83. The Morgan fingerprint density at radius 2 is 2.00 bits per heavy atom. The largest absolute Gasteiger partial charge is 0.479 e. The van der Waals surface area contributed by atoms with Gasteiger partial charge in [0.25, 0.3) is 0 Å². The number of carbonyl (C=O) groups is 1. The lowest BCUT2D eigenvalue weighted by Gasteiger charge is -2.38. The molecule has 1 fully saturated rings. The Labute approximate surface area is 121 Å². The van der Waals surface area contributed by atoms with Crippen LogP contribution in [-0.2, 0) is 10.2 Å². The number of carboxylic acid groups (broad SMARTS) is 1. The third-order valence-electron chi connectivity index (χ3n) is 3.85. The van der Waals surface area contributed by atoms with Crippen LogP contribution in [0.4, 0.5) is 0 Å². The summed E-state index contributed by atoms with van der Waals surface area (Å²) in [7, 11) is 0. The van der Waals surface area contributed by atoms with E-state index in [1.54, 1.807) is 12.1 Å². The van der Waals surface area contributed by atoms with Crippen LogP contribution in [0.1, 0.15) is 18.4 Å². The van der Waals surface area contributed by atoms with Gasteiger partial charge in [-0.1, -0.05) is 23.7 Å². The third kappa shape index (κ3) is 2.72. The van der Waals surface area contributed by atoms with E-state index >= 15 is 0 Å². The highest BCUT2D eigenvalue weighted by Gasteiger charge is 2.48. The summed E-state index contributed by atoms with van der Waals surface area (Å²) in [6.07, 6.45) is 1.26. The summed E-state index contributed by atoms with van der Waals surface area (Å²) in [6, 6.07) is 6.12. The zero-order valence-electron chi connectivity index (χ0n) is 10.8. The predicted octanol–water partition coefficient (Wildman–Crippen LogP) is 1.96. The standard InChI is InChI=1S/C13H15ClN4O2/c14-10-3-1-9(2-4-10)13(5-7-16-8-6-13)11(12(19)20)17-18-15/h1-4,11,15-16H,5-8H2/p+1. The maximum atomic E-state index is 11.6. The summed E-state index contributed by atoms with van der Waals surface area (Å²) in [6.45, 7) is 1.42. The van der Waals surface area contributed by atoms with Gasteiger partial charge in [0.1, 0.15) is 10.6 Å². The highest BCUT2D eigenvalue weighted by atomic mass is 35.5. The second-order valence-corrected chi connectivity index (χ2v) is 5.31. The molecule has 0 amide bonds. The molecule has 0 spiro atoms. The summed E-state index contributed by atoms with van der Waals surface area (Å²) in [4.78, 5) is 14.5. The summed E-state index contributed by atoms with van der Waals surface area (Å²) in [5, 5.41) is 16.9. The van der Waals surface area contributed by atoms with Crippen LogP contribution in [0.15, 0.2) is 29.4 Å². The van der Waals surface area contributed by atoms with E-state index in [0.717, 1.165) is 5.56 Å². The summed E-state index contributed by atoms with van der Waals surface area (Å²) >= 11 is 5.90. The molecule has 1 heterocycles. The fourth-order valence-corrected chi connectivity index (χ4v) is 2.95. The molecule has 1 atom stereocenters. The van der Waals surface area contributed by atoms with Crippen LogP contribution in [0.5, 0.6) is 0 Å². The Bertz CT molecular complexity index is 532. The SMILES string of the molecule is N=[N+]=NC(C(=O)O)C1(c2ccc(Cl)cc2)CCNCC1. The van der Waals surface area contributed by atoms with Gasteiger partial charge in [0.15, 0.2) is 0 Å². The second-order valence-electron chi connectivity index (χ2n) is 4.87. The zero-order chi connectivity index (χ0) is 14.6. The number of piperidine rings is 1. The Balaban J connectivity index is 2.51. The van der Waals surface area contributed by atoms with Gasteiger partial charge in [-0.05, 0) is 43.6 Å². The molecule has 0 radical (unpaired) electrons. The number of nitrogens with zero attached hydrogens (tertiary/aromatic N) is 2. The average molecular weight is 296 g/mol. The average Bonchev–Trinajstić information content (AvgIpc) is 2.46. The van der Waals surface area contributed by atoms with Crippen molar-refractivity contribution in [1.29, 1.82) is 5.53 Å². The van der Waals surface area contributed by atoms with Crippen molar-refractivity contribution < 1.29 is 9.90 Å². The van der Waals surface area contributed by atoms with Gasteiger partial charge in [0.2, 0.25) is 11.0 Å². The molecule has 1 aromatic rings. The van der Waals surface area contributed by atoms with E-state index in [1.807, 2.05) is 12.1 Å². The van der Waals surface area contributed by atoms with Gasteiger partial charge in [0.05, 0.1) is 0 Å². The molecule has 106 valence electrons. The van der Waals surface area contributed by atoms with E-state index in [1.165, 1.54) is 0 Å². The first-order valence-corrected chi connectivity index (χ1v) is 6.74. The van der Waals surface area contributed by atoms with Gasteiger partial charge < -0.3 is 10.4 Å². The smallest absolute Gasteiger partial charge is 0.337 e. The second kappa shape index (κ2) is 6.13. The number of benzene rings is 1. The zero-order valence-corrected chi connectivity index (χ0v) is 11.6. The quantitative estimate of drug-likeness (QED) is 0.585. The predicted molar refractivity (Wildman–Crippen MR) is 73.9 cm³/mol. The third-order valence-corrected chi connectivity index (χ3v) is 4.10. The molecular formula is C13H16ClN4O2+. The van der Waals surface area contributed by atoms with Gasteiger partial charge in [-0.25, -0.2) is 4.79 Å². The maximum absolute atomic E-state index is 11.6. The van der Waals surface area contributed by atoms with E-state index in [4.69, 9.17) is 17.1 Å². The molecule has 0 aromatic heterocycles. The molecule has 2 rings (SSSR count). The van der Waals surface area contributed by atoms with Gasteiger partial charge in [-0.2, -0.15) is 0 Å². The first-order valence-electron chi connectivity index (χ1n) is 6.36. The number of halogens is 1. The fraction of sp³-hybridized carbons (Fsp3) is 0.462.